The summed E-state index contributed by atoms with van der Waals surface area (Å²) in [6.07, 6.45) is 4.52. The molecule has 0 aliphatic carbocycles. The van der Waals surface area contributed by atoms with Crippen molar-refractivity contribution in [3.8, 4) is 11.3 Å². The number of carbonyl (C=O) groups is 2. The molecule has 0 bridgehead atoms. The second kappa shape index (κ2) is 9.66. The van der Waals surface area contributed by atoms with E-state index in [-0.39, 0.29) is 12.1 Å². The summed E-state index contributed by atoms with van der Waals surface area (Å²) in [6, 6.07) is 8.88. The number of amides is 2. The molecular weight excluding hydrogens is 480 g/mol. The Morgan fingerprint density at radius 3 is 2.74 bits per heavy atom. The zero-order valence-corrected chi connectivity index (χ0v) is 20.0. The summed E-state index contributed by atoms with van der Waals surface area (Å²) < 4.78 is 29.3. The number of nitrogens with one attached hydrogen (secondary N) is 2. The second-order valence-electron chi connectivity index (χ2n) is 7.99. The molecular formula is C22H24N4O6S2. The third kappa shape index (κ3) is 5.53. The van der Waals surface area contributed by atoms with Crippen molar-refractivity contribution in [2.75, 3.05) is 31.3 Å². The van der Waals surface area contributed by atoms with Crippen LogP contribution in [0.15, 0.2) is 48.1 Å². The number of hydrogen-bond donors (Lipinski definition) is 3. The topological polar surface area (TPSA) is 140 Å². The first kappa shape index (κ1) is 24.1. The minimum atomic E-state index is -3.49. The fourth-order valence-corrected chi connectivity index (χ4v) is 4.90. The molecule has 1 saturated heterocycles. The summed E-state index contributed by atoms with van der Waals surface area (Å²) >= 11 is 1.24. The van der Waals surface area contributed by atoms with E-state index in [1.165, 1.54) is 29.8 Å². The van der Waals surface area contributed by atoms with E-state index in [1.54, 1.807) is 5.38 Å². The second-order valence-corrected chi connectivity index (χ2v) is 10.7. The predicted octanol–water partition coefficient (Wildman–Crippen LogP) is 1.79. The van der Waals surface area contributed by atoms with E-state index in [1.807, 2.05) is 24.3 Å². The zero-order valence-electron chi connectivity index (χ0n) is 18.4. The highest BCUT2D eigenvalue weighted by Gasteiger charge is 2.32. The van der Waals surface area contributed by atoms with Crippen LogP contribution in [-0.4, -0.2) is 60.3 Å². The number of hydrogen-bond acceptors (Lipinski definition) is 8. The van der Waals surface area contributed by atoms with Gasteiger partial charge >= 0.3 is 0 Å². The average molecular weight is 505 g/mol. The third-order valence-electron chi connectivity index (χ3n) is 5.49. The van der Waals surface area contributed by atoms with Gasteiger partial charge in [0.2, 0.25) is 15.9 Å². The number of anilines is 1. The molecule has 0 spiro atoms. The van der Waals surface area contributed by atoms with Gasteiger partial charge in [-0.25, -0.2) is 13.4 Å². The number of benzene rings is 1. The van der Waals surface area contributed by atoms with Gasteiger partial charge in [-0.2, -0.15) is 0 Å². The number of aliphatic hydroxyl groups is 1. The van der Waals surface area contributed by atoms with Crippen LogP contribution in [-0.2, 0) is 25.2 Å². The van der Waals surface area contributed by atoms with Crippen molar-refractivity contribution in [2.24, 2.45) is 0 Å². The summed E-state index contributed by atoms with van der Waals surface area (Å²) in [5, 5.41) is 18.2. The molecule has 1 fully saturated rings. The van der Waals surface area contributed by atoms with E-state index in [4.69, 9.17) is 4.74 Å². The van der Waals surface area contributed by atoms with E-state index in [9.17, 15) is 23.1 Å². The first-order valence-corrected chi connectivity index (χ1v) is 13.2. The maximum absolute atomic E-state index is 12.3. The molecule has 0 unspecified atom stereocenters. The lowest BCUT2D eigenvalue weighted by Gasteiger charge is -2.32. The lowest BCUT2D eigenvalue weighted by atomic mass is 9.85. The SMILES string of the molecule is CS(=O)(=O)n1ccc(C(=O)NCC(=O)Nc2nc(-c3cccc(C4(O)CCOCC4)c3)cs2)c1. The largest absolute Gasteiger partial charge is 0.385 e. The summed E-state index contributed by atoms with van der Waals surface area (Å²) in [5.41, 5.74) is 1.48. The number of aromatic nitrogens is 2. The normalized spacial score (nSPS) is 15.6. The Morgan fingerprint density at radius 2 is 2.03 bits per heavy atom. The van der Waals surface area contributed by atoms with Gasteiger partial charge in [0.25, 0.3) is 5.91 Å². The quantitative estimate of drug-likeness (QED) is 0.446. The molecule has 2 aromatic heterocycles. The van der Waals surface area contributed by atoms with Crippen LogP contribution in [0, 0.1) is 0 Å². The molecule has 3 heterocycles. The summed E-state index contributed by atoms with van der Waals surface area (Å²) in [5.74, 6) is -1.04. The van der Waals surface area contributed by atoms with Gasteiger partial charge < -0.3 is 20.5 Å². The molecule has 3 aromatic rings. The van der Waals surface area contributed by atoms with Crippen LogP contribution < -0.4 is 10.6 Å². The van der Waals surface area contributed by atoms with Crippen molar-refractivity contribution < 1.29 is 27.9 Å². The molecule has 0 atom stereocenters. The van der Waals surface area contributed by atoms with Crippen LogP contribution in [0.4, 0.5) is 5.13 Å². The fraction of sp³-hybridized carbons (Fsp3) is 0.318. The molecule has 10 nitrogen and oxygen atoms in total. The smallest absolute Gasteiger partial charge is 0.253 e. The Kier molecular flexibility index (Phi) is 6.84. The highest BCUT2D eigenvalue weighted by molar-refractivity contribution is 7.89. The Hall–Kier alpha value is -3.06. The van der Waals surface area contributed by atoms with Gasteiger partial charge in [-0.15, -0.1) is 11.3 Å². The maximum atomic E-state index is 12.3. The lowest BCUT2D eigenvalue weighted by molar-refractivity contribution is -0.115. The Labute approximate surface area is 200 Å². The number of thiazole rings is 1. The predicted molar refractivity (Wildman–Crippen MR) is 127 cm³/mol. The van der Waals surface area contributed by atoms with E-state index in [2.05, 4.69) is 15.6 Å². The molecule has 2 amide bonds. The van der Waals surface area contributed by atoms with E-state index in [0.29, 0.717) is 36.9 Å². The molecule has 3 N–H and O–H groups in total. The highest BCUT2D eigenvalue weighted by Crippen LogP contribution is 2.34. The number of carbonyl (C=O) groups excluding carboxylic acids is 2. The van der Waals surface area contributed by atoms with E-state index >= 15 is 0 Å². The number of nitrogens with zero attached hydrogens (tertiary/aromatic N) is 2. The molecule has 1 aliphatic heterocycles. The lowest BCUT2D eigenvalue weighted by Crippen LogP contribution is -2.33. The van der Waals surface area contributed by atoms with Gasteiger partial charge in [0.05, 0.1) is 29.7 Å². The van der Waals surface area contributed by atoms with Crippen LogP contribution in [0.1, 0.15) is 28.8 Å². The van der Waals surface area contributed by atoms with Crippen molar-refractivity contribution in [3.05, 3.63) is 59.2 Å². The van der Waals surface area contributed by atoms with E-state index in [0.717, 1.165) is 21.4 Å². The van der Waals surface area contributed by atoms with Crippen molar-refractivity contribution in [2.45, 2.75) is 18.4 Å². The van der Waals surface area contributed by atoms with Crippen molar-refractivity contribution in [3.63, 3.8) is 0 Å². The maximum Gasteiger partial charge on any atom is 0.253 e. The van der Waals surface area contributed by atoms with Crippen LogP contribution in [0.25, 0.3) is 11.3 Å². The van der Waals surface area contributed by atoms with Crippen molar-refractivity contribution in [1.29, 1.82) is 0 Å². The Morgan fingerprint density at radius 1 is 1.26 bits per heavy atom. The van der Waals surface area contributed by atoms with Gasteiger partial charge in [-0.05, 0) is 17.7 Å². The summed E-state index contributed by atoms with van der Waals surface area (Å²) in [6.45, 7) is 0.712. The van der Waals surface area contributed by atoms with Crippen LogP contribution in [0.5, 0.6) is 0 Å². The average Bonchev–Trinajstić information content (AvgIpc) is 3.48. The molecule has 0 radical (unpaired) electrons. The number of rotatable bonds is 7. The molecule has 12 heteroatoms. The standard InChI is InChI=1S/C22H24N4O6S2/c1-34(30,31)26-8-5-16(13-26)20(28)23-12-19(27)25-21-24-18(14-33-21)15-3-2-4-17(11-15)22(29)6-9-32-10-7-22/h2-5,8,11,13-14,29H,6-7,9-10,12H2,1H3,(H,23,28)(H,24,25,27). The van der Waals surface area contributed by atoms with Crippen molar-refractivity contribution in [1.82, 2.24) is 14.3 Å². The van der Waals surface area contributed by atoms with E-state index < -0.39 is 27.4 Å². The minimum Gasteiger partial charge on any atom is -0.385 e. The van der Waals surface area contributed by atoms with Crippen molar-refractivity contribution >= 4 is 38.3 Å². The molecule has 0 saturated carbocycles. The zero-order chi connectivity index (χ0) is 24.3. The number of ether oxygens (including phenoxy) is 1. The molecule has 1 aromatic carbocycles. The summed E-state index contributed by atoms with van der Waals surface area (Å²) in [4.78, 5) is 28.9. The first-order valence-electron chi connectivity index (χ1n) is 10.5. The third-order valence-corrected chi connectivity index (χ3v) is 7.24. The molecule has 34 heavy (non-hydrogen) atoms. The summed E-state index contributed by atoms with van der Waals surface area (Å²) in [7, 11) is -3.49. The van der Waals surface area contributed by atoms with Crippen LogP contribution >= 0.6 is 11.3 Å². The van der Waals surface area contributed by atoms with Gasteiger partial charge in [-0.1, -0.05) is 18.2 Å². The molecule has 1 aliphatic rings. The van der Waals surface area contributed by atoms with Gasteiger partial charge in [0.15, 0.2) is 5.13 Å². The van der Waals surface area contributed by atoms with Crippen LogP contribution in [0.2, 0.25) is 0 Å². The van der Waals surface area contributed by atoms with Crippen LogP contribution in [0.3, 0.4) is 0 Å². The Balaban J connectivity index is 1.36. The van der Waals surface area contributed by atoms with Gasteiger partial charge in [0.1, 0.15) is 0 Å². The monoisotopic (exact) mass is 504 g/mol. The first-order chi connectivity index (χ1) is 16.1. The minimum absolute atomic E-state index is 0.126. The Bertz CT molecular complexity index is 1310. The fourth-order valence-electron chi connectivity index (χ4n) is 3.57. The molecule has 180 valence electrons. The van der Waals surface area contributed by atoms with Gasteiger partial charge in [-0.3, -0.25) is 13.6 Å². The highest BCUT2D eigenvalue weighted by atomic mass is 32.2. The molecule has 4 rings (SSSR count). The van der Waals surface area contributed by atoms with Gasteiger partial charge in [0, 0.05) is 49.4 Å².